The van der Waals surface area contributed by atoms with Gasteiger partial charge in [-0.1, -0.05) is 30.3 Å². The van der Waals surface area contributed by atoms with E-state index in [1.54, 1.807) is 0 Å². The molecule has 98 valence electrons. The van der Waals surface area contributed by atoms with Gasteiger partial charge in [-0.3, -0.25) is 4.79 Å². The van der Waals surface area contributed by atoms with Crippen LogP contribution in [0.2, 0.25) is 0 Å². The van der Waals surface area contributed by atoms with Crippen LogP contribution >= 0.6 is 0 Å². The summed E-state index contributed by atoms with van der Waals surface area (Å²) in [6, 6.07) is 9.93. The van der Waals surface area contributed by atoms with Crippen molar-refractivity contribution in [2.45, 2.75) is 51.7 Å². The molecule has 0 N–H and O–H groups in total. The second-order valence-electron chi connectivity index (χ2n) is 6.35. The summed E-state index contributed by atoms with van der Waals surface area (Å²) in [6.07, 6.45) is 1.32. The summed E-state index contributed by atoms with van der Waals surface area (Å²) in [6.45, 7) is 8.17. The third-order valence-electron chi connectivity index (χ3n) is 3.68. The fourth-order valence-corrected chi connectivity index (χ4v) is 2.98. The summed E-state index contributed by atoms with van der Waals surface area (Å²) in [5.41, 5.74) is 0.540. The maximum atomic E-state index is 12.4. The molecule has 0 bridgehead atoms. The quantitative estimate of drug-likeness (QED) is 0.817. The fourth-order valence-electron chi connectivity index (χ4n) is 2.98. The van der Waals surface area contributed by atoms with Crippen LogP contribution in [0.15, 0.2) is 30.3 Å². The largest absolute Gasteiger partial charge is 0.369 e. The van der Waals surface area contributed by atoms with Crippen LogP contribution in [0.4, 0.5) is 0 Å². The van der Waals surface area contributed by atoms with Gasteiger partial charge in [0, 0.05) is 12.3 Å². The van der Waals surface area contributed by atoms with E-state index in [1.807, 2.05) is 44.2 Å². The molecule has 0 aliphatic carbocycles. The number of rotatable bonds is 3. The summed E-state index contributed by atoms with van der Waals surface area (Å²) in [4.78, 5) is 12.4. The van der Waals surface area contributed by atoms with Crippen molar-refractivity contribution in [2.75, 3.05) is 0 Å². The molecule has 1 unspecified atom stereocenters. The van der Waals surface area contributed by atoms with Crippen molar-refractivity contribution in [2.24, 2.45) is 5.92 Å². The number of carbonyl (C=O) groups excluding carboxylic acids is 1. The van der Waals surface area contributed by atoms with Gasteiger partial charge in [-0.05, 0) is 39.7 Å². The monoisotopic (exact) mass is 246 g/mol. The van der Waals surface area contributed by atoms with Crippen LogP contribution in [-0.2, 0) is 16.0 Å². The summed E-state index contributed by atoms with van der Waals surface area (Å²) in [5.74, 6) is 0.282. The molecule has 1 heterocycles. The van der Waals surface area contributed by atoms with Crippen LogP contribution in [-0.4, -0.2) is 17.0 Å². The highest BCUT2D eigenvalue weighted by atomic mass is 16.5. The van der Waals surface area contributed by atoms with Crippen LogP contribution in [0, 0.1) is 5.92 Å². The van der Waals surface area contributed by atoms with Crippen LogP contribution in [0.1, 0.15) is 39.7 Å². The molecular weight excluding hydrogens is 224 g/mol. The lowest BCUT2D eigenvalue weighted by molar-refractivity contribution is -0.128. The molecule has 0 saturated carbocycles. The van der Waals surface area contributed by atoms with Gasteiger partial charge in [0.05, 0.1) is 11.2 Å². The van der Waals surface area contributed by atoms with Crippen LogP contribution < -0.4 is 0 Å². The second kappa shape index (κ2) is 4.51. The zero-order chi connectivity index (χ0) is 13.4. The first kappa shape index (κ1) is 13.3. The summed E-state index contributed by atoms with van der Waals surface area (Å²) >= 11 is 0. The average Bonchev–Trinajstić information content (AvgIpc) is 2.48. The third-order valence-corrected chi connectivity index (χ3v) is 3.68. The lowest BCUT2D eigenvalue weighted by Gasteiger charge is -2.26. The van der Waals surface area contributed by atoms with Crippen molar-refractivity contribution in [1.29, 1.82) is 0 Å². The van der Waals surface area contributed by atoms with Gasteiger partial charge < -0.3 is 4.74 Å². The first-order valence-corrected chi connectivity index (χ1v) is 6.57. The minimum absolute atomic E-state index is 0.00675. The molecule has 1 aromatic carbocycles. The predicted molar refractivity (Wildman–Crippen MR) is 72.5 cm³/mol. The molecule has 0 amide bonds. The molecule has 1 atom stereocenters. The van der Waals surface area contributed by atoms with Crippen molar-refractivity contribution in [3.8, 4) is 0 Å². The topological polar surface area (TPSA) is 26.3 Å². The Bertz CT molecular complexity index is 432. The molecule has 18 heavy (non-hydrogen) atoms. The first-order valence-electron chi connectivity index (χ1n) is 6.57. The number of benzene rings is 1. The van der Waals surface area contributed by atoms with E-state index in [4.69, 9.17) is 4.74 Å². The standard InChI is InChI=1S/C16H22O2/c1-15(2)11-13(16(3,4)18-15)14(17)10-12-8-6-5-7-9-12/h5-9,13H,10-11H2,1-4H3. The molecule has 0 radical (unpaired) electrons. The van der Waals surface area contributed by atoms with Crippen molar-refractivity contribution in [1.82, 2.24) is 0 Å². The molecular formula is C16H22O2. The van der Waals surface area contributed by atoms with E-state index < -0.39 is 0 Å². The van der Waals surface area contributed by atoms with E-state index in [2.05, 4.69) is 13.8 Å². The zero-order valence-corrected chi connectivity index (χ0v) is 11.7. The Kier molecular flexibility index (Phi) is 3.33. The van der Waals surface area contributed by atoms with Crippen molar-refractivity contribution >= 4 is 5.78 Å². The number of carbonyl (C=O) groups is 1. The van der Waals surface area contributed by atoms with Gasteiger partial charge in [0.2, 0.25) is 0 Å². The predicted octanol–water partition coefficient (Wildman–Crippen LogP) is 3.39. The maximum absolute atomic E-state index is 12.4. The van der Waals surface area contributed by atoms with Crippen LogP contribution in [0.3, 0.4) is 0 Å². The molecule has 0 aromatic heterocycles. The van der Waals surface area contributed by atoms with Crippen molar-refractivity contribution < 1.29 is 9.53 Å². The third kappa shape index (κ3) is 2.81. The van der Waals surface area contributed by atoms with E-state index in [9.17, 15) is 4.79 Å². The van der Waals surface area contributed by atoms with E-state index in [-0.39, 0.29) is 22.9 Å². The number of ether oxygens (including phenoxy) is 1. The number of Topliss-reactive ketones (excluding diaryl/α,β-unsaturated/α-hetero) is 1. The lowest BCUT2D eigenvalue weighted by Crippen LogP contribution is -2.34. The Hall–Kier alpha value is -1.15. The lowest BCUT2D eigenvalue weighted by atomic mass is 9.82. The Balaban J connectivity index is 2.10. The normalized spacial score (nSPS) is 25.0. The maximum Gasteiger partial charge on any atom is 0.143 e. The van der Waals surface area contributed by atoms with Gasteiger partial charge in [0.1, 0.15) is 5.78 Å². The van der Waals surface area contributed by atoms with Crippen LogP contribution in [0.25, 0.3) is 0 Å². The SMILES string of the molecule is CC1(C)CC(C(=O)Cc2ccccc2)C(C)(C)O1. The zero-order valence-electron chi connectivity index (χ0n) is 11.7. The molecule has 1 aliphatic heterocycles. The second-order valence-corrected chi connectivity index (χ2v) is 6.35. The highest BCUT2D eigenvalue weighted by Gasteiger charge is 2.48. The molecule has 1 fully saturated rings. The van der Waals surface area contributed by atoms with E-state index in [1.165, 1.54) is 0 Å². The smallest absolute Gasteiger partial charge is 0.143 e. The summed E-state index contributed by atoms with van der Waals surface area (Å²) in [5, 5.41) is 0. The van der Waals surface area contributed by atoms with Crippen molar-refractivity contribution in [3.63, 3.8) is 0 Å². The molecule has 1 aliphatic rings. The number of hydrogen-bond donors (Lipinski definition) is 0. The van der Waals surface area contributed by atoms with Gasteiger partial charge in [-0.2, -0.15) is 0 Å². The van der Waals surface area contributed by atoms with Gasteiger partial charge >= 0.3 is 0 Å². The Morgan fingerprint density at radius 3 is 2.33 bits per heavy atom. The first-order chi connectivity index (χ1) is 8.30. The molecule has 2 heteroatoms. The molecule has 1 saturated heterocycles. The van der Waals surface area contributed by atoms with E-state index in [0.717, 1.165) is 12.0 Å². The average molecular weight is 246 g/mol. The Morgan fingerprint density at radius 1 is 1.22 bits per heavy atom. The molecule has 2 rings (SSSR count). The highest BCUT2D eigenvalue weighted by molar-refractivity contribution is 5.84. The number of ketones is 1. The Morgan fingerprint density at radius 2 is 1.83 bits per heavy atom. The van der Waals surface area contributed by atoms with E-state index >= 15 is 0 Å². The molecule has 2 nitrogen and oxygen atoms in total. The van der Waals surface area contributed by atoms with E-state index in [0.29, 0.717) is 6.42 Å². The molecule has 1 aromatic rings. The van der Waals surface area contributed by atoms with Crippen molar-refractivity contribution in [3.05, 3.63) is 35.9 Å². The van der Waals surface area contributed by atoms with Gasteiger partial charge in [-0.15, -0.1) is 0 Å². The summed E-state index contributed by atoms with van der Waals surface area (Å²) in [7, 11) is 0. The highest BCUT2D eigenvalue weighted by Crippen LogP contribution is 2.42. The van der Waals surface area contributed by atoms with Crippen LogP contribution in [0.5, 0.6) is 0 Å². The number of hydrogen-bond acceptors (Lipinski definition) is 2. The molecule has 0 spiro atoms. The minimum atomic E-state index is -0.352. The fraction of sp³-hybridized carbons (Fsp3) is 0.562. The van der Waals surface area contributed by atoms with Gasteiger partial charge in [0.15, 0.2) is 0 Å². The summed E-state index contributed by atoms with van der Waals surface area (Å²) < 4.78 is 5.99. The van der Waals surface area contributed by atoms with Gasteiger partial charge in [0.25, 0.3) is 0 Å². The van der Waals surface area contributed by atoms with Gasteiger partial charge in [-0.25, -0.2) is 0 Å². The minimum Gasteiger partial charge on any atom is -0.369 e. The Labute approximate surface area is 109 Å².